The van der Waals surface area contributed by atoms with E-state index in [1.807, 2.05) is 0 Å². The van der Waals surface area contributed by atoms with Gasteiger partial charge < -0.3 is 5.32 Å². The van der Waals surface area contributed by atoms with Gasteiger partial charge in [-0.1, -0.05) is 51.0 Å². The molecule has 0 radical (unpaired) electrons. The summed E-state index contributed by atoms with van der Waals surface area (Å²) >= 11 is 0. The van der Waals surface area contributed by atoms with E-state index in [0.717, 1.165) is 25.6 Å². The molecule has 0 bridgehead atoms. The van der Waals surface area contributed by atoms with Crippen molar-refractivity contribution in [1.82, 2.24) is 10.2 Å². The molecule has 1 aliphatic rings. The monoisotopic (exact) mass is 274 g/mol. The Hall–Kier alpha value is -0.860. The second-order valence-electron chi connectivity index (χ2n) is 6.53. The lowest BCUT2D eigenvalue weighted by atomic mass is 10.1. The van der Waals surface area contributed by atoms with E-state index in [2.05, 4.69) is 55.4 Å². The molecular formula is C18H30N2. The molecule has 0 heterocycles. The highest BCUT2D eigenvalue weighted by Gasteiger charge is 2.19. The zero-order valence-corrected chi connectivity index (χ0v) is 13.4. The average Bonchev–Trinajstić information content (AvgIpc) is 2.94. The number of hydrogen-bond donors (Lipinski definition) is 1. The van der Waals surface area contributed by atoms with Crippen LogP contribution in [0.3, 0.4) is 0 Å². The second kappa shape index (κ2) is 7.80. The lowest BCUT2D eigenvalue weighted by molar-refractivity contribution is 0.237. The Morgan fingerprint density at radius 2 is 1.70 bits per heavy atom. The molecule has 0 aromatic heterocycles. The highest BCUT2D eigenvalue weighted by molar-refractivity contribution is 5.22. The molecule has 1 fully saturated rings. The largest absolute Gasteiger partial charge is 0.314 e. The van der Waals surface area contributed by atoms with Gasteiger partial charge in [0.05, 0.1) is 0 Å². The summed E-state index contributed by atoms with van der Waals surface area (Å²) in [6.07, 6.45) is 6.72. The normalized spacial score (nSPS) is 16.4. The fraction of sp³-hybridized carbons (Fsp3) is 0.667. The number of nitrogens with one attached hydrogen (secondary N) is 1. The van der Waals surface area contributed by atoms with Crippen LogP contribution in [-0.2, 0) is 13.0 Å². The average molecular weight is 274 g/mol. The summed E-state index contributed by atoms with van der Waals surface area (Å²) in [4.78, 5) is 2.53. The van der Waals surface area contributed by atoms with E-state index in [0.29, 0.717) is 6.04 Å². The van der Waals surface area contributed by atoms with Crippen molar-refractivity contribution in [2.45, 2.75) is 64.6 Å². The summed E-state index contributed by atoms with van der Waals surface area (Å²) in [5.41, 5.74) is 2.88. The van der Waals surface area contributed by atoms with E-state index in [1.54, 1.807) is 0 Å². The fourth-order valence-electron chi connectivity index (χ4n) is 3.08. The first-order valence-corrected chi connectivity index (χ1v) is 8.16. The third-order valence-electron chi connectivity index (χ3n) is 4.37. The van der Waals surface area contributed by atoms with Crippen LogP contribution in [0, 0.1) is 0 Å². The maximum atomic E-state index is 3.47. The Labute approximate surface area is 124 Å². The predicted octanol–water partition coefficient (Wildman–Crippen LogP) is 3.60. The highest BCUT2D eigenvalue weighted by Crippen LogP contribution is 2.23. The maximum Gasteiger partial charge on any atom is 0.0233 e. The van der Waals surface area contributed by atoms with Crippen molar-refractivity contribution in [3.8, 4) is 0 Å². The van der Waals surface area contributed by atoms with Gasteiger partial charge in [0.1, 0.15) is 0 Å². The molecule has 1 N–H and O–H groups in total. The quantitative estimate of drug-likeness (QED) is 0.817. The van der Waals surface area contributed by atoms with Crippen molar-refractivity contribution in [3.05, 3.63) is 35.4 Å². The fourth-order valence-corrected chi connectivity index (χ4v) is 3.08. The molecule has 1 aromatic carbocycles. The molecule has 0 spiro atoms. The first-order chi connectivity index (χ1) is 9.65. The van der Waals surface area contributed by atoms with Crippen LogP contribution in [-0.4, -0.2) is 30.6 Å². The first-order valence-electron chi connectivity index (χ1n) is 8.16. The van der Waals surface area contributed by atoms with Crippen molar-refractivity contribution in [1.29, 1.82) is 0 Å². The highest BCUT2D eigenvalue weighted by atomic mass is 15.1. The summed E-state index contributed by atoms with van der Waals surface area (Å²) in [5, 5.41) is 3.47. The summed E-state index contributed by atoms with van der Waals surface area (Å²) in [6.45, 7) is 6.55. The molecular weight excluding hydrogens is 244 g/mol. The number of benzene rings is 1. The van der Waals surface area contributed by atoms with Gasteiger partial charge in [0.15, 0.2) is 0 Å². The molecule has 20 heavy (non-hydrogen) atoms. The molecule has 0 saturated heterocycles. The van der Waals surface area contributed by atoms with Gasteiger partial charge in [-0.25, -0.2) is 0 Å². The van der Waals surface area contributed by atoms with E-state index in [4.69, 9.17) is 0 Å². The van der Waals surface area contributed by atoms with Gasteiger partial charge >= 0.3 is 0 Å². The lowest BCUT2D eigenvalue weighted by Crippen LogP contribution is -2.28. The SMILES string of the molecule is CC(C)NCCc1ccc(CN(C)C2CCCC2)cc1. The van der Waals surface area contributed by atoms with Crippen molar-refractivity contribution in [3.63, 3.8) is 0 Å². The molecule has 2 heteroatoms. The van der Waals surface area contributed by atoms with Crippen LogP contribution in [0.2, 0.25) is 0 Å². The number of rotatable bonds is 7. The van der Waals surface area contributed by atoms with Gasteiger partial charge in [-0.05, 0) is 44.0 Å². The molecule has 0 amide bonds. The molecule has 1 saturated carbocycles. The second-order valence-corrected chi connectivity index (χ2v) is 6.53. The Balaban J connectivity index is 1.78. The summed E-state index contributed by atoms with van der Waals surface area (Å²) < 4.78 is 0. The van der Waals surface area contributed by atoms with Crippen LogP contribution in [0.25, 0.3) is 0 Å². The van der Waals surface area contributed by atoms with Crippen molar-refractivity contribution in [2.24, 2.45) is 0 Å². The van der Waals surface area contributed by atoms with E-state index in [9.17, 15) is 0 Å². The smallest absolute Gasteiger partial charge is 0.0233 e. The van der Waals surface area contributed by atoms with Gasteiger partial charge in [0.25, 0.3) is 0 Å². The van der Waals surface area contributed by atoms with Crippen LogP contribution in [0.1, 0.15) is 50.7 Å². The van der Waals surface area contributed by atoms with Crippen LogP contribution in [0.4, 0.5) is 0 Å². The lowest BCUT2D eigenvalue weighted by Gasteiger charge is -2.24. The van der Waals surface area contributed by atoms with Crippen LogP contribution >= 0.6 is 0 Å². The minimum absolute atomic E-state index is 0.578. The minimum Gasteiger partial charge on any atom is -0.314 e. The van der Waals surface area contributed by atoms with E-state index in [1.165, 1.54) is 36.8 Å². The van der Waals surface area contributed by atoms with E-state index < -0.39 is 0 Å². The number of nitrogens with zero attached hydrogens (tertiary/aromatic N) is 1. The van der Waals surface area contributed by atoms with Crippen LogP contribution < -0.4 is 5.32 Å². The van der Waals surface area contributed by atoms with Gasteiger partial charge in [0, 0.05) is 18.6 Å². The van der Waals surface area contributed by atoms with Crippen molar-refractivity contribution in [2.75, 3.05) is 13.6 Å². The summed E-state index contributed by atoms with van der Waals surface area (Å²) in [7, 11) is 2.27. The third-order valence-corrected chi connectivity index (χ3v) is 4.37. The molecule has 1 aliphatic carbocycles. The number of hydrogen-bond acceptors (Lipinski definition) is 2. The molecule has 0 aliphatic heterocycles. The Morgan fingerprint density at radius 3 is 2.30 bits per heavy atom. The zero-order chi connectivity index (χ0) is 14.4. The van der Waals surface area contributed by atoms with Gasteiger partial charge in [-0.3, -0.25) is 4.90 Å². The molecule has 112 valence electrons. The Morgan fingerprint density at radius 1 is 1.10 bits per heavy atom. The standard InChI is InChI=1S/C18H30N2/c1-15(2)19-13-12-16-8-10-17(11-9-16)14-20(3)18-6-4-5-7-18/h8-11,15,18-19H,4-7,12-14H2,1-3H3. The molecule has 2 nitrogen and oxygen atoms in total. The van der Waals surface area contributed by atoms with Crippen molar-refractivity contribution < 1.29 is 0 Å². The molecule has 2 rings (SSSR count). The molecule has 0 atom stereocenters. The first kappa shape index (κ1) is 15.5. The van der Waals surface area contributed by atoms with Gasteiger partial charge in [-0.2, -0.15) is 0 Å². The van der Waals surface area contributed by atoms with Crippen molar-refractivity contribution >= 4 is 0 Å². The Bertz CT molecular complexity index is 377. The minimum atomic E-state index is 0.578. The topological polar surface area (TPSA) is 15.3 Å². The van der Waals surface area contributed by atoms with Gasteiger partial charge in [-0.15, -0.1) is 0 Å². The molecule has 1 aromatic rings. The van der Waals surface area contributed by atoms with Crippen LogP contribution in [0.15, 0.2) is 24.3 Å². The third kappa shape index (κ3) is 4.92. The summed E-state index contributed by atoms with van der Waals surface area (Å²) in [6, 6.07) is 10.6. The Kier molecular flexibility index (Phi) is 6.06. The van der Waals surface area contributed by atoms with Crippen LogP contribution in [0.5, 0.6) is 0 Å². The molecule has 0 unspecified atom stereocenters. The summed E-state index contributed by atoms with van der Waals surface area (Å²) in [5.74, 6) is 0. The van der Waals surface area contributed by atoms with Gasteiger partial charge in [0.2, 0.25) is 0 Å². The predicted molar refractivity (Wildman–Crippen MR) is 87.0 cm³/mol. The maximum absolute atomic E-state index is 3.47. The zero-order valence-electron chi connectivity index (χ0n) is 13.4. The van der Waals surface area contributed by atoms with E-state index in [-0.39, 0.29) is 0 Å². The van der Waals surface area contributed by atoms with E-state index >= 15 is 0 Å².